The molecule has 1 aliphatic carbocycles. The number of nitrogens with zero attached hydrogens (tertiary/aromatic N) is 2. The van der Waals surface area contributed by atoms with Crippen LogP contribution in [-0.4, -0.2) is 48.4 Å². The maximum atomic E-state index is 12.9. The van der Waals surface area contributed by atoms with E-state index in [-0.39, 0.29) is 36.6 Å². The fourth-order valence-electron chi connectivity index (χ4n) is 4.29. The van der Waals surface area contributed by atoms with Crippen molar-refractivity contribution in [1.82, 2.24) is 9.80 Å². The number of alkyl halides is 3. The monoisotopic (exact) mass is 455 g/mol. The fraction of sp³-hybridized carbons (Fsp3) is 0.650. The van der Waals surface area contributed by atoms with Gasteiger partial charge in [-0.1, -0.05) is 18.6 Å². The molecule has 1 heterocycles. The van der Waals surface area contributed by atoms with Crippen LogP contribution in [0.25, 0.3) is 0 Å². The lowest BCUT2D eigenvalue weighted by atomic mass is 9.94. The van der Waals surface area contributed by atoms with Gasteiger partial charge in [-0.2, -0.15) is 13.2 Å². The lowest BCUT2D eigenvalue weighted by molar-refractivity contribution is -0.138. The fourth-order valence-corrected chi connectivity index (χ4v) is 4.29. The zero-order valence-electron chi connectivity index (χ0n) is 16.4. The average molecular weight is 456 g/mol. The van der Waals surface area contributed by atoms with Gasteiger partial charge in [0.05, 0.1) is 5.56 Å². The van der Waals surface area contributed by atoms with Gasteiger partial charge in [-0.15, -0.1) is 24.8 Å². The second-order valence-corrected chi connectivity index (χ2v) is 7.68. The van der Waals surface area contributed by atoms with Crippen molar-refractivity contribution in [3.63, 3.8) is 0 Å². The first-order valence-electron chi connectivity index (χ1n) is 9.76. The summed E-state index contributed by atoms with van der Waals surface area (Å²) in [5.41, 5.74) is 6.06. The number of halogens is 5. The van der Waals surface area contributed by atoms with E-state index in [1.165, 1.54) is 0 Å². The minimum Gasteiger partial charge on any atom is -0.341 e. The number of hydrogen-bond acceptors (Lipinski definition) is 3. The first-order chi connectivity index (χ1) is 12.9. The Morgan fingerprint density at radius 3 is 2.31 bits per heavy atom. The number of hydrogen-bond donors (Lipinski definition) is 1. The van der Waals surface area contributed by atoms with Crippen molar-refractivity contribution in [3.8, 4) is 0 Å². The number of benzene rings is 1. The first-order valence-corrected chi connectivity index (χ1v) is 9.76. The molecule has 1 amide bonds. The Hall–Kier alpha value is -1.02. The normalized spacial score (nSPS) is 23.1. The van der Waals surface area contributed by atoms with Gasteiger partial charge in [0, 0.05) is 38.6 Å². The van der Waals surface area contributed by atoms with Crippen LogP contribution in [0.15, 0.2) is 24.3 Å². The Morgan fingerprint density at radius 1 is 1.00 bits per heavy atom. The second kappa shape index (κ2) is 11.4. The summed E-state index contributed by atoms with van der Waals surface area (Å²) < 4.78 is 38.0. The van der Waals surface area contributed by atoms with E-state index >= 15 is 0 Å². The molecule has 0 radical (unpaired) electrons. The zero-order valence-corrected chi connectivity index (χ0v) is 18.0. The quantitative estimate of drug-likeness (QED) is 0.747. The molecule has 1 aliphatic heterocycles. The summed E-state index contributed by atoms with van der Waals surface area (Å²) in [5.74, 6) is 0.611. The van der Waals surface area contributed by atoms with E-state index in [2.05, 4.69) is 4.90 Å². The third-order valence-corrected chi connectivity index (χ3v) is 5.87. The molecule has 0 spiro atoms. The van der Waals surface area contributed by atoms with Crippen LogP contribution < -0.4 is 5.73 Å². The summed E-state index contributed by atoms with van der Waals surface area (Å²) in [5, 5.41) is 0. The average Bonchev–Trinajstić information content (AvgIpc) is 3.00. The lowest BCUT2D eigenvalue weighted by Crippen LogP contribution is -2.41. The summed E-state index contributed by atoms with van der Waals surface area (Å²) in [6, 6.07) is 5.36. The second-order valence-electron chi connectivity index (χ2n) is 7.68. The van der Waals surface area contributed by atoms with E-state index < -0.39 is 11.7 Å². The van der Waals surface area contributed by atoms with E-state index in [1.807, 2.05) is 4.90 Å². The summed E-state index contributed by atoms with van der Waals surface area (Å²) in [4.78, 5) is 17.0. The molecule has 29 heavy (non-hydrogen) atoms. The van der Waals surface area contributed by atoms with E-state index in [1.54, 1.807) is 12.1 Å². The molecule has 2 atom stereocenters. The van der Waals surface area contributed by atoms with Crippen molar-refractivity contribution in [2.75, 3.05) is 32.7 Å². The molecule has 3 rings (SSSR count). The summed E-state index contributed by atoms with van der Waals surface area (Å²) in [7, 11) is 0. The summed E-state index contributed by atoms with van der Waals surface area (Å²) in [6.07, 6.45) is -0.366. The van der Waals surface area contributed by atoms with Crippen molar-refractivity contribution in [3.05, 3.63) is 35.4 Å². The van der Waals surface area contributed by atoms with Crippen molar-refractivity contribution in [2.45, 2.75) is 38.4 Å². The molecule has 1 aromatic rings. The van der Waals surface area contributed by atoms with E-state index in [0.29, 0.717) is 25.6 Å². The van der Waals surface area contributed by atoms with Crippen molar-refractivity contribution in [2.24, 2.45) is 17.6 Å². The van der Waals surface area contributed by atoms with Gasteiger partial charge in [0.1, 0.15) is 0 Å². The van der Waals surface area contributed by atoms with Gasteiger partial charge in [0.2, 0.25) is 5.91 Å². The molecular weight excluding hydrogens is 426 g/mol. The Bertz CT molecular complexity index is 643. The van der Waals surface area contributed by atoms with Crippen LogP contribution in [0, 0.1) is 11.8 Å². The van der Waals surface area contributed by atoms with Crippen LogP contribution in [0.5, 0.6) is 0 Å². The lowest BCUT2D eigenvalue weighted by Gasteiger charge is -2.27. The number of carbonyl (C=O) groups excluding carboxylic acids is 1. The molecule has 4 nitrogen and oxygen atoms in total. The van der Waals surface area contributed by atoms with Gasteiger partial charge < -0.3 is 10.6 Å². The van der Waals surface area contributed by atoms with Crippen molar-refractivity contribution in [1.29, 1.82) is 0 Å². The highest BCUT2D eigenvalue weighted by Gasteiger charge is 2.35. The minimum atomic E-state index is -4.30. The van der Waals surface area contributed by atoms with Crippen LogP contribution >= 0.6 is 24.8 Å². The molecule has 2 N–H and O–H groups in total. The predicted molar refractivity (Wildman–Crippen MR) is 112 cm³/mol. The van der Waals surface area contributed by atoms with Gasteiger partial charge in [0.25, 0.3) is 0 Å². The molecule has 1 aromatic carbocycles. The molecule has 2 aliphatic rings. The number of amides is 1. The van der Waals surface area contributed by atoms with Gasteiger partial charge >= 0.3 is 6.18 Å². The van der Waals surface area contributed by atoms with Crippen LogP contribution in [0.2, 0.25) is 0 Å². The molecule has 0 unspecified atom stereocenters. The molecular formula is C20H30Cl2F3N3O. The van der Waals surface area contributed by atoms with E-state index in [0.717, 1.165) is 63.0 Å². The Morgan fingerprint density at radius 2 is 1.69 bits per heavy atom. The van der Waals surface area contributed by atoms with E-state index in [4.69, 9.17) is 5.73 Å². The Kier molecular flexibility index (Phi) is 10.2. The first kappa shape index (κ1) is 26.0. The highest BCUT2D eigenvalue weighted by atomic mass is 35.5. The topological polar surface area (TPSA) is 49.6 Å². The highest BCUT2D eigenvalue weighted by molar-refractivity contribution is 5.85. The Balaban J connectivity index is 0.00000210. The smallest absolute Gasteiger partial charge is 0.341 e. The Labute approximate surface area is 182 Å². The molecule has 1 saturated heterocycles. The van der Waals surface area contributed by atoms with Crippen molar-refractivity contribution < 1.29 is 18.0 Å². The summed E-state index contributed by atoms with van der Waals surface area (Å²) in [6.45, 7) is 4.19. The standard InChI is InChI=1S/C20H28F3N3O.2ClH/c21-20(22,23)17-7-5-15(6-8-17)14-25-9-2-10-26(12-11-25)19(27)18-4-1-3-16(18)13-24;;/h5-8,16,18H,1-4,9-14,24H2;2*1H/t16-,18-;;/m1../s1. The maximum Gasteiger partial charge on any atom is 0.416 e. The van der Waals surface area contributed by atoms with Crippen LogP contribution in [0.4, 0.5) is 13.2 Å². The van der Waals surface area contributed by atoms with Crippen LogP contribution in [-0.2, 0) is 17.5 Å². The number of carbonyl (C=O) groups is 1. The third-order valence-electron chi connectivity index (χ3n) is 5.87. The molecule has 9 heteroatoms. The highest BCUT2D eigenvalue weighted by Crippen LogP contribution is 2.33. The SMILES string of the molecule is Cl.Cl.NC[C@H]1CCC[C@H]1C(=O)N1CCCN(Cc2ccc(C(F)(F)F)cc2)CC1. The van der Waals surface area contributed by atoms with Gasteiger partial charge in [0.15, 0.2) is 0 Å². The zero-order chi connectivity index (χ0) is 19.4. The predicted octanol–water partition coefficient (Wildman–Crippen LogP) is 3.96. The van der Waals surface area contributed by atoms with E-state index in [9.17, 15) is 18.0 Å². The molecule has 166 valence electrons. The van der Waals surface area contributed by atoms with Crippen molar-refractivity contribution >= 4 is 30.7 Å². The van der Waals surface area contributed by atoms with Gasteiger partial charge in [-0.05, 0) is 49.4 Å². The molecule has 0 bridgehead atoms. The maximum absolute atomic E-state index is 12.9. The summed E-state index contributed by atoms with van der Waals surface area (Å²) >= 11 is 0. The van der Waals surface area contributed by atoms with Crippen LogP contribution in [0.3, 0.4) is 0 Å². The largest absolute Gasteiger partial charge is 0.416 e. The van der Waals surface area contributed by atoms with Gasteiger partial charge in [-0.25, -0.2) is 0 Å². The molecule has 2 fully saturated rings. The number of rotatable bonds is 4. The van der Waals surface area contributed by atoms with Crippen LogP contribution in [0.1, 0.15) is 36.8 Å². The third kappa shape index (κ3) is 6.74. The molecule has 1 saturated carbocycles. The number of nitrogens with two attached hydrogens (primary N) is 1. The van der Waals surface area contributed by atoms with Gasteiger partial charge in [-0.3, -0.25) is 9.69 Å². The minimum absolute atomic E-state index is 0. The molecule has 0 aromatic heterocycles.